The Hall–Kier alpha value is -2.20. The van der Waals surface area contributed by atoms with Crippen LogP contribution in [0.2, 0.25) is 5.02 Å². The first-order valence-electron chi connectivity index (χ1n) is 7.14. The zero-order chi connectivity index (χ0) is 15.7. The lowest BCUT2D eigenvalue weighted by Gasteiger charge is -2.33. The fourth-order valence-corrected chi connectivity index (χ4v) is 2.86. The van der Waals surface area contributed by atoms with Crippen LogP contribution in [0.4, 0.5) is 5.69 Å². The molecule has 1 heterocycles. The van der Waals surface area contributed by atoms with Crippen LogP contribution in [-0.4, -0.2) is 23.7 Å². The summed E-state index contributed by atoms with van der Waals surface area (Å²) < 4.78 is 5.83. The Labute approximate surface area is 133 Å². The van der Waals surface area contributed by atoms with Crippen molar-refractivity contribution in [2.75, 3.05) is 11.4 Å². The number of halogens is 1. The number of amides is 1. The van der Waals surface area contributed by atoms with Gasteiger partial charge in [-0.05, 0) is 36.8 Å². The molecule has 0 saturated heterocycles. The third-order valence-corrected chi connectivity index (χ3v) is 3.91. The second-order valence-electron chi connectivity index (χ2n) is 5.18. The van der Waals surface area contributed by atoms with E-state index in [4.69, 9.17) is 16.3 Å². The van der Waals surface area contributed by atoms with E-state index in [0.717, 1.165) is 5.56 Å². The Bertz CT molecular complexity index is 717. The number of aromatic hydroxyl groups is 1. The molecule has 0 aromatic heterocycles. The van der Waals surface area contributed by atoms with E-state index >= 15 is 0 Å². The number of benzene rings is 2. The van der Waals surface area contributed by atoms with Crippen LogP contribution < -0.4 is 9.64 Å². The van der Waals surface area contributed by atoms with E-state index in [1.165, 1.54) is 0 Å². The van der Waals surface area contributed by atoms with Crippen LogP contribution in [0.15, 0.2) is 42.5 Å². The number of hydrogen-bond acceptors (Lipinski definition) is 3. The van der Waals surface area contributed by atoms with E-state index in [0.29, 0.717) is 29.4 Å². The molecular formula is C17H16ClNO3. The van der Waals surface area contributed by atoms with Crippen molar-refractivity contribution in [1.82, 2.24) is 0 Å². The molecule has 1 N–H and O–H groups in total. The molecule has 1 atom stereocenters. The van der Waals surface area contributed by atoms with Gasteiger partial charge in [0.2, 0.25) is 0 Å². The van der Waals surface area contributed by atoms with Gasteiger partial charge in [0.1, 0.15) is 11.5 Å². The molecule has 1 amide bonds. The largest absolute Gasteiger partial charge is 0.508 e. The summed E-state index contributed by atoms with van der Waals surface area (Å²) in [5.41, 5.74) is 1.55. The lowest BCUT2D eigenvalue weighted by Crippen LogP contribution is -2.46. The fraction of sp³-hybridized carbons (Fsp3) is 0.235. The minimum atomic E-state index is -0.588. The molecule has 0 bridgehead atoms. The highest BCUT2D eigenvalue weighted by Gasteiger charge is 2.33. The number of nitrogens with zero attached hydrogens (tertiary/aromatic N) is 1. The van der Waals surface area contributed by atoms with Crippen molar-refractivity contribution >= 4 is 23.2 Å². The molecule has 1 unspecified atom stereocenters. The summed E-state index contributed by atoms with van der Waals surface area (Å²) in [6.07, 6.45) is -0.133. The van der Waals surface area contributed by atoms with E-state index in [1.807, 2.05) is 25.1 Å². The van der Waals surface area contributed by atoms with Gasteiger partial charge in [-0.3, -0.25) is 4.79 Å². The minimum Gasteiger partial charge on any atom is -0.508 e. The number of anilines is 1. The number of hydrogen-bond donors (Lipinski definition) is 1. The average Bonchev–Trinajstić information content (AvgIpc) is 2.49. The van der Waals surface area contributed by atoms with E-state index < -0.39 is 6.10 Å². The monoisotopic (exact) mass is 317 g/mol. The minimum absolute atomic E-state index is 0.111. The number of fused-ring (bicyclic) bond motifs is 1. The molecule has 114 valence electrons. The van der Waals surface area contributed by atoms with Gasteiger partial charge < -0.3 is 14.7 Å². The molecule has 0 spiro atoms. The van der Waals surface area contributed by atoms with Crippen molar-refractivity contribution in [1.29, 1.82) is 0 Å². The molecule has 0 saturated carbocycles. The molecule has 5 heteroatoms. The number of phenols is 1. The lowest BCUT2D eigenvalue weighted by atomic mass is 10.0. The second kappa shape index (κ2) is 5.89. The quantitative estimate of drug-likeness (QED) is 0.944. The van der Waals surface area contributed by atoms with Crippen LogP contribution in [0, 0.1) is 0 Å². The van der Waals surface area contributed by atoms with Crippen molar-refractivity contribution < 1.29 is 14.6 Å². The maximum atomic E-state index is 12.6. The number of carbonyl (C=O) groups is 1. The molecule has 1 aliphatic rings. The van der Waals surface area contributed by atoms with Gasteiger partial charge in [0.15, 0.2) is 6.10 Å². The molecule has 0 radical (unpaired) electrons. The fourth-order valence-electron chi connectivity index (χ4n) is 2.65. The highest BCUT2D eigenvalue weighted by Crippen LogP contribution is 2.37. The molecule has 0 aliphatic carbocycles. The van der Waals surface area contributed by atoms with Crippen LogP contribution in [0.3, 0.4) is 0 Å². The second-order valence-corrected chi connectivity index (χ2v) is 5.61. The molecule has 2 aromatic rings. The summed E-state index contributed by atoms with van der Waals surface area (Å²) >= 11 is 5.99. The summed E-state index contributed by atoms with van der Waals surface area (Å²) in [5.74, 6) is 0.605. The van der Waals surface area contributed by atoms with Gasteiger partial charge in [0.25, 0.3) is 5.91 Å². The number of carbonyl (C=O) groups excluding carboxylic acids is 1. The van der Waals surface area contributed by atoms with Crippen molar-refractivity contribution in [2.45, 2.75) is 19.4 Å². The lowest BCUT2D eigenvalue weighted by molar-refractivity contribution is -0.126. The molecule has 3 rings (SSSR count). The SMILES string of the molecule is CCN1C(=O)C(Cc2cccc(Cl)c2)Oc2ccc(O)cc21. The predicted molar refractivity (Wildman–Crippen MR) is 85.7 cm³/mol. The first kappa shape index (κ1) is 14.7. The topological polar surface area (TPSA) is 49.8 Å². The van der Waals surface area contributed by atoms with Gasteiger partial charge in [-0.15, -0.1) is 0 Å². The van der Waals surface area contributed by atoms with Crippen LogP contribution in [-0.2, 0) is 11.2 Å². The van der Waals surface area contributed by atoms with Crippen LogP contribution in [0.25, 0.3) is 0 Å². The Kier molecular flexibility index (Phi) is 3.94. The smallest absolute Gasteiger partial charge is 0.268 e. The zero-order valence-corrected chi connectivity index (χ0v) is 12.9. The number of phenolic OH excluding ortho intramolecular Hbond substituents is 1. The summed E-state index contributed by atoms with van der Waals surface area (Å²) in [7, 11) is 0. The van der Waals surface area contributed by atoms with Gasteiger partial charge in [0, 0.05) is 24.1 Å². The van der Waals surface area contributed by atoms with Crippen molar-refractivity contribution in [3.8, 4) is 11.5 Å². The van der Waals surface area contributed by atoms with E-state index in [-0.39, 0.29) is 11.7 Å². The molecule has 2 aromatic carbocycles. The van der Waals surface area contributed by atoms with Crippen molar-refractivity contribution in [3.63, 3.8) is 0 Å². The third kappa shape index (κ3) is 2.74. The normalized spacial score (nSPS) is 17.1. The molecule has 4 nitrogen and oxygen atoms in total. The van der Waals surface area contributed by atoms with Gasteiger partial charge in [-0.2, -0.15) is 0 Å². The van der Waals surface area contributed by atoms with Crippen molar-refractivity contribution in [2.24, 2.45) is 0 Å². The summed E-state index contributed by atoms with van der Waals surface area (Å²) in [6.45, 7) is 2.41. The van der Waals surface area contributed by atoms with E-state index in [1.54, 1.807) is 29.2 Å². The summed E-state index contributed by atoms with van der Waals surface area (Å²) in [4.78, 5) is 14.2. The summed E-state index contributed by atoms with van der Waals surface area (Å²) in [5, 5.41) is 10.2. The zero-order valence-electron chi connectivity index (χ0n) is 12.1. The van der Waals surface area contributed by atoms with Gasteiger partial charge >= 0.3 is 0 Å². The molecular weight excluding hydrogens is 302 g/mol. The maximum Gasteiger partial charge on any atom is 0.268 e. The van der Waals surface area contributed by atoms with E-state index in [9.17, 15) is 9.90 Å². The standard InChI is InChI=1S/C17H16ClNO3/c1-2-19-14-10-13(20)6-7-15(14)22-16(17(19)21)9-11-4-3-5-12(18)8-11/h3-8,10,16,20H,2,9H2,1H3. The highest BCUT2D eigenvalue weighted by molar-refractivity contribution is 6.30. The Morgan fingerprint density at radius 2 is 2.09 bits per heavy atom. The maximum absolute atomic E-state index is 12.6. The first-order chi connectivity index (χ1) is 10.6. The van der Waals surface area contributed by atoms with Crippen LogP contribution in [0.1, 0.15) is 12.5 Å². The summed E-state index contributed by atoms with van der Waals surface area (Å²) in [6, 6.07) is 12.2. The van der Waals surface area contributed by atoms with Crippen molar-refractivity contribution in [3.05, 3.63) is 53.1 Å². The van der Waals surface area contributed by atoms with Gasteiger partial charge in [0.05, 0.1) is 5.69 Å². The number of rotatable bonds is 3. The molecule has 0 fully saturated rings. The van der Waals surface area contributed by atoms with Gasteiger partial charge in [-0.1, -0.05) is 23.7 Å². The first-order valence-corrected chi connectivity index (χ1v) is 7.51. The average molecular weight is 318 g/mol. The number of likely N-dealkylation sites (N-methyl/N-ethyl adjacent to an activating group) is 1. The highest BCUT2D eigenvalue weighted by atomic mass is 35.5. The number of ether oxygens (including phenoxy) is 1. The Morgan fingerprint density at radius 1 is 1.27 bits per heavy atom. The van der Waals surface area contributed by atoms with Gasteiger partial charge in [-0.25, -0.2) is 0 Å². The van der Waals surface area contributed by atoms with E-state index in [2.05, 4.69) is 0 Å². The third-order valence-electron chi connectivity index (χ3n) is 3.67. The Balaban J connectivity index is 1.91. The molecule has 22 heavy (non-hydrogen) atoms. The predicted octanol–water partition coefficient (Wildman–Crippen LogP) is 3.40. The Morgan fingerprint density at radius 3 is 2.82 bits per heavy atom. The molecule has 1 aliphatic heterocycles. The van der Waals surface area contributed by atoms with Crippen LogP contribution in [0.5, 0.6) is 11.5 Å². The van der Waals surface area contributed by atoms with Crippen LogP contribution >= 0.6 is 11.6 Å².